The van der Waals surface area contributed by atoms with Crippen LogP contribution >= 0.6 is 11.6 Å². The molecule has 0 radical (unpaired) electrons. The number of ether oxygens (including phenoxy) is 1. The molecule has 1 aromatic rings. The molecule has 5 nitrogen and oxygen atoms in total. The van der Waals surface area contributed by atoms with Crippen molar-refractivity contribution in [3.05, 3.63) is 29.0 Å². The second kappa shape index (κ2) is 6.41. The molecule has 0 saturated heterocycles. The number of nitrogens with one attached hydrogen (secondary N) is 2. The van der Waals surface area contributed by atoms with Gasteiger partial charge in [0.15, 0.2) is 0 Å². The summed E-state index contributed by atoms with van der Waals surface area (Å²) in [6.07, 6.45) is 0.985. The van der Waals surface area contributed by atoms with E-state index in [-0.39, 0.29) is 10.9 Å². The monoisotopic (exact) mass is 314 g/mol. The van der Waals surface area contributed by atoms with Gasteiger partial charge in [-0.2, -0.15) is 0 Å². The zero-order valence-electron chi connectivity index (χ0n) is 11.5. The summed E-state index contributed by atoms with van der Waals surface area (Å²) in [7, 11) is 1.53. The normalized spacial score (nSPS) is 15.4. The highest BCUT2D eigenvalue weighted by Crippen LogP contribution is 2.46. The largest absolute Gasteiger partial charge is 0.383 e. The predicted octanol–water partition coefficient (Wildman–Crippen LogP) is 1.96. The van der Waals surface area contributed by atoms with Crippen molar-refractivity contribution in [2.24, 2.45) is 5.41 Å². The molecule has 1 fully saturated rings. The first-order valence-electron chi connectivity index (χ1n) is 6.53. The van der Waals surface area contributed by atoms with E-state index in [2.05, 4.69) is 10.6 Å². The van der Waals surface area contributed by atoms with Crippen LogP contribution in [0.25, 0.3) is 0 Å². The molecule has 0 aliphatic heterocycles. The number of hydrogen-bond acceptors (Lipinski definition) is 3. The molecule has 7 heteroatoms. The Bertz CT molecular complexity index is 561. The SMILES string of the molecule is COCCNC(=O)C1(C(=O)Nc2ccc(F)c(Cl)c2)CC1. The zero-order valence-corrected chi connectivity index (χ0v) is 12.3. The van der Waals surface area contributed by atoms with E-state index in [0.29, 0.717) is 31.7 Å². The minimum absolute atomic E-state index is 0.0813. The smallest absolute Gasteiger partial charge is 0.240 e. The fourth-order valence-corrected chi connectivity index (χ4v) is 2.12. The van der Waals surface area contributed by atoms with E-state index in [9.17, 15) is 14.0 Å². The van der Waals surface area contributed by atoms with Gasteiger partial charge in [-0.25, -0.2) is 4.39 Å². The second-order valence-electron chi connectivity index (χ2n) is 4.91. The first-order chi connectivity index (χ1) is 9.99. The molecule has 2 rings (SSSR count). The first-order valence-corrected chi connectivity index (χ1v) is 6.91. The highest BCUT2D eigenvalue weighted by Gasteiger charge is 2.56. The standard InChI is InChI=1S/C14H16ClFN2O3/c1-21-7-6-17-12(19)14(4-5-14)13(20)18-9-2-3-11(16)10(15)8-9/h2-3,8H,4-7H2,1H3,(H,17,19)(H,18,20). The molecule has 1 aromatic carbocycles. The summed E-state index contributed by atoms with van der Waals surface area (Å²) >= 11 is 5.65. The lowest BCUT2D eigenvalue weighted by molar-refractivity contribution is -0.134. The molecule has 21 heavy (non-hydrogen) atoms. The molecule has 1 aliphatic carbocycles. The lowest BCUT2D eigenvalue weighted by atomic mass is 10.1. The van der Waals surface area contributed by atoms with Gasteiger partial charge in [0.2, 0.25) is 11.8 Å². The van der Waals surface area contributed by atoms with Gasteiger partial charge in [0.05, 0.1) is 11.6 Å². The molecule has 0 spiro atoms. The molecule has 114 valence electrons. The van der Waals surface area contributed by atoms with Crippen LogP contribution in [0, 0.1) is 11.2 Å². The lowest BCUT2D eigenvalue weighted by Crippen LogP contribution is -2.41. The number of halogens is 2. The summed E-state index contributed by atoms with van der Waals surface area (Å²) in [6, 6.07) is 3.88. The van der Waals surface area contributed by atoms with E-state index in [1.807, 2.05) is 0 Å². The van der Waals surface area contributed by atoms with E-state index in [4.69, 9.17) is 16.3 Å². The van der Waals surface area contributed by atoms with Crippen molar-refractivity contribution in [1.82, 2.24) is 5.32 Å². The molecule has 0 unspecified atom stereocenters. The molecule has 1 aliphatic rings. The van der Waals surface area contributed by atoms with Crippen molar-refractivity contribution in [2.75, 3.05) is 25.6 Å². The van der Waals surface area contributed by atoms with Gasteiger partial charge in [0.1, 0.15) is 11.2 Å². The second-order valence-corrected chi connectivity index (χ2v) is 5.32. The molecule has 0 atom stereocenters. The number of hydrogen-bond donors (Lipinski definition) is 2. The number of rotatable bonds is 6. The van der Waals surface area contributed by atoms with Crippen molar-refractivity contribution < 1.29 is 18.7 Å². The summed E-state index contributed by atoms with van der Waals surface area (Å²) < 4.78 is 17.9. The molecular formula is C14H16ClFN2O3. The average molecular weight is 315 g/mol. The lowest BCUT2D eigenvalue weighted by Gasteiger charge is -2.15. The van der Waals surface area contributed by atoms with E-state index in [1.54, 1.807) is 0 Å². The van der Waals surface area contributed by atoms with Crippen LogP contribution in [0.4, 0.5) is 10.1 Å². The number of carbonyl (C=O) groups is 2. The van der Waals surface area contributed by atoms with E-state index >= 15 is 0 Å². The van der Waals surface area contributed by atoms with E-state index < -0.39 is 17.1 Å². The summed E-state index contributed by atoms with van der Waals surface area (Å²) in [4.78, 5) is 24.3. The Balaban J connectivity index is 1.99. The van der Waals surface area contributed by atoms with Crippen molar-refractivity contribution >= 4 is 29.1 Å². The Morgan fingerprint density at radius 3 is 2.67 bits per heavy atom. The molecule has 0 bridgehead atoms. The summed E-state index contributed by atoms with van der Waals surface area (Å²) in [5, 5.41) is 5.18. The van der Waals surface area contributed by atoms with Gasteiger partial charge in [0.25, 0.3) is 0 Å². The van der Waals surface area contributed by atoms with Crippen LogP contribution in [-0.2, 0) is 14.3 Å². The highest BCUT2D eigenvalue weighted by molar-refractivity contribution is 6.31. The topological polar surface area (TPSA) is 67.4 Å². The highest BCUT2D eigenvalue weighted by atomic mass is 35.5. The average Bonchev–Trinajstić information content (AvgIpc) is 3.25. The third kappa shape index (κ3) is 3.51. The van der Waals surface area contributed by atoms with Crippen molar-refractivity contribution in [3.8, 4) is 0 Å². The molecular weight excluding hydrogens is 299 g/mol. The number of carbonyl (C=O) groups excluding carboxylic acids is 2. The zero-order chi connectivity index (χ0) is 15.5. The van der Waals surface area contributed by atoms with Crippen LogP contribution in [0.2, 0.25) is 5.02 Å². The molecule has 0 aromatic heterocycles. The molecule has 2 N–H and O–H groups in total. The predicted molar refractivity (Wildman–Crippen MR) is 76.6 cm³/mol. The van der Waals surface area contributed by atoms with E-state index in [1.165, 1.54) is 19.2 Å². The molecule has 2 amide bonds. The van der Waals surface area contributed by atoms with Gasteiger partial charge < -0.3 is 15.4 Å². The number of anilines is 1. The van der Waals surface area contributed by atoms with Crippen molar-refractivity contribution in [1.29, 1.82) is 0 Å². The Labute approximate surface area is 126 Å². The van der Waals surface area contributed by atoms with Crippen molar-refractivity contribution in [3.63, 3.8) is 0 Å². The van der Waals surface area contributed by atoms with Gasteiger partial charge in [-0.15, -0.1) is 0 Å². The number of amides is 2. The third-order valence-corrected chi connectivity index (χ3v) is 3.68. The van der Waals surface area contributed by atoms with E-state index in [0.717, 1.165) is 6.07 Å². The minimum Gasteiger partial charge on any atom is -0.383 e. The van der Waals surface area contributed by atoms with Crippen LogP contribution in [0.15, 0.2) is 18.2 Å². The maximum atomic E-state index is 13.1. The number of methoxy groups -OCH3 is 1. The Hall–Kier alpha value is -1.66. The quantitative estimate of drug-likeness (QED) is 0.623. The first kappa shape index (κ1) is 15.7. The van der Waals surface area contributed by atoms with Crippen molar-refractivity contribution in [2.45, 2.75) is 12.8 Å². The van der Waals surface area contributed by atoms with Crippen LogP contribution in [-0.4, -0.2) is 32.1 Å². The Kier molecular flexibility index (Phi) is 4.80. The van der Waals surface area contributed by atoms with Crippen LogP contribution in [0.1, 0.15) is 12.8 Å². The summed E-state index contributed by atoms with van der Waals surface area (Å²) in [5.41, 5.74) is -0.670. The van der Waals surface area contributed by atoms with Crippen LogP contribution in [0.3, 0.4) is 0 Å². The Morgan fingerprint density at radius 2 is 2.10 bits per heavy atom. The fourth-order valence-electron chi connectivity index (χ4n) is 1.94. The maximum Gasteiger partial charge on any atom is 0.240 e. The molecule has 1 saturated carbocycles. The number of benzene rings is 1. The van der Waals surface area contributed by atoms with Crippen LogP contribution < -0.4 is 10.6 Å². The fraction of sp³-hybridized carbons (Fsp3) is 0.429. The van der Waals surface area contributed by atoms with Gasteiger partial charge in [-0.05, 0) is 31.0 Å². The van der Waals surface area contributed by atoms with Gasteiger partial charge in [0, 0.05) is 19.3 Å². The van der Waals surface area contributed by atoms with Gasteiger partial charge in [-0.1, -0.05) is 11.6 Å². The maximum absolute atomic E-state index is 13.1. The van der Waals surface area contributed by atoms with Gasteiger partial charge >= 0.3 is 0 Å². The minimum atomic E-state index is -1.03. The molecule has 0 heterocycles. The summed E-state index contributed by atoms with van der Waals surface area (Å²) in [5.74, 6) is -1.28. The summed E-state index contributed by atoms with van der Waals surface area (Å²) in [6.45, 7) is 0.740. The Morgan fingerprint density at radius 1 is 1.38 bits per heavy atom. The van der Waals surface area contributed by atoms with Crippen LogP contribution in [0.5, 0.6) is 0 Å². The third-order valence-electron chi connectivity index (χ3n) is 3.39. The van der Waals surface area contributed by atoms with Gasteiger partial charge in [-0.3, -0.25) is 9.59 Å².